The van der Waals surface area contributed by atoms with Crippen LogP contribution in [0.4, 0.5) is 0 Å². The zero-order chi connectivity index (χ0) is 24.6. The van der Waals surface area contributed by atoms with Gasteiger partial charge in [-0.15, -0.1) is 0 Å². The molecular weight excluding hydrogens is 430 g/mol. The highest BCUT2D eigenvalue weighted by Gasteiger charge is 2.14. The maximum Gasteiger partial charge on any atom is 0.169 e. The molecular formula is C32H33NO2. The number of rotatable bonds is 9. The lowest BCUT2D eigenvalue weighted by molar-refractivity contribution is 0.0791. The molecule has 4 aromatic rings. The number of hydrogen-bond donors (Lipinski definition) is 0. The zero-order valence-corrected chi connectivity index (χ0v) is 20.9. The first-order valence-corrected chi connectivity index (χ1v) is 12.1. The monoisotopic (exact) mass is 463 g/mol. The Morgan fingerprint density at radius 2 is 1.17 bits per heavy atom. The molecule has 0 aliphatic rings. The molecule has 0 heterocycles. The molecule has 0 amide bonds. The fraction of sp³-hybridized carbons (Fsp3) is 0.188. The minimum absolute atomic E-state index is 0.0638. The van der Waals surface area contributed by atoms with E-state index in [1.807, 2.05) is 62.3 Å². The van der Waals surface area contributed by atoms with Crippen molar-refractivity contribution in [2.24, 2.45) is 0 Å². The average Bonchev–Trinajstić information content (AvgIpc) is 2.90. The predicted octanol–water partition coefficient (Wildman–Crippen LogP) is 8.13. The molecule has 0 spiro atoms. The summed E-state index contributed by atoms with van der Waals surface area (Å²) in [5, 5.41) is 0. The van der Waals surface area contributed by atoms with E-state index in [0.29, 0.717) is 5.75 Å². The van der Waals surface area contributed by atoms with E-state index in [1.165, 1.54) is 22.3 Å². The molecule has 0 bridgehead atoms. The highest BCUT2D eigenvalue weighted by molar-refractivity contribution is 5.98. The standard InChI is InChI=1S/C32H33NO2/c1-5-29(25-14-8-6-9-15-25)32(26-16-10-7-11-17-26)27-20-22-28(23-21-27)35-31-19-13-12-18-30(31)34-24(2)33(3)4/h6-24H,5H2,1-4H3/b32-29-. The minimum Gasteiger partial charge on any atom is -0.472 e. The van der Waals surface area contributed by atoms with E-state index in [0.717, 1.165) is 23.5 Å². The molecule has 4 rings (SSSR count). The SMILES string of the molecule is CC/C(=C(\c1ccccc1)c1ccc(Oc2ccccc2OC(C)N(C)C)cc1)c1ccccc1. The van der Waals surface area contributed by atoms with Crippen LogP contribution < -0.4 is 9.47 Å². The molecule has 3 nitrogen and oxygen atoms in total. The van der Waals surface area contributed by atoms with Crippen molar-refractivity contribution in [2.45, 2.75) is 26.5 Å². The van der Waals surface area contributed by atoms with E-state index in [9.17, 15) is 0 Å². The molecule has 4 aromatic carbocycles. The molecule has 0 aliphatic heterocycles. The van der Waals surface area contributed by atoms with Crippen molar-refractivity contribution in [3.63, 3.8) is 0 Å². The van der Waals surface area contributed by atoms with Crippen LogP contribution in [0.1, 0.15) is 37.0 Å². The molecule has 1 unspecified atom stereocenters. The third-order valence-corrected chi connectivity index (χ3v) is 6.08. The van der Waals surface area contributed by atoms with Crippen molar-refractivity contribution >= 4 is 11.1 Å². The average molecular weight is 464 g/mol. The Kier molecular flexibility index (Phi) is 8.02. The second kappa shape index (κ2) is 11.5. The fourth-order valence-electron chi connectivity index (χ4n) is 4.02. The van der Waals surface area contributed by atoms with Crippen LogP contribution in [-0.4, -0.2) is 25.2 Å². The van der Waals surface area contributed by atoms with Crippen molar-refractivity contribution in [3.8, 4) is 17.2 Å². The van der Waals surface area contributed by atoms with Crippen LogP contribution >= 0.6 is 0 Å². The Morgan fingerprint density at radius 3 is 1.74 bits per heavy atom. The molecule has 35 heavy (non-hydrogen) atoms. The largest absolute Gasteiger partial charge is 0.472 e. The fourth-order valence-corrected chi connectivity index (χ4v) is 4.02. The van der Waals surface area contributed by atoms with E-state index in [1.54, 1.807) is 0 Å². The Bertz CT molecular complexity index is 1250. The maximum absolute atomic E-state index is 6.24. The van der Waals surface area contributed by atoms with Gasteiger partial charge < -0.3 is 9.47 Å². The van der Waals surface area contributed by atoms with E-state index < -0.39 is 0 Å². The van der Waals surface area contributed by atoms with Gasteiger partial charge in [0.25, 0.3) is 0 Å². The van der Waals surface area contributed by atoms with Crippen molar-refractivity contribution in [3.05, 3.63) is 126 Å². The summed E-state index contributed by atoms with van der Waals surface area (Å²) >= 11 is 0. The second-order valence-electron chi connectivity index (χ2n) is 8.69. The van der Waals surface area contributed by atoms with E-state index in [2.05, 4.69) is 79.7 Å². The smallest absolute Gasteiger partial charge is 0.169 e. The Hall–Kier alpha value is -3.82. The van der Waals surface area contributed by atoms with Gasteiger partial charge in [0.2, 0.25) is 0 Å². The summed E-state index contributed by atoms with van der Waals surface area (Å²) in [6.45, 7) is 4.23. The van der Waals surface area contributed by atoms with Gasteiger partial charge in [-0.2, -0.15) is 0 Å². The maximum atomic E-state index is 6.24. The number of hydrogen-bond acceptors (Lipinski definition) is 3. The van der Waals surface area contributed by atoms with Crippen LogP contribution in [0.5, 0.6) is 17.2 Å². The quantitative estimate of drug-likeness (QED) is 0.185. The summed E-state index contributed by atoms with van der Waals surface area (Å²) in [4.78, 5) is 2.01. The summed E-state index contributed by atoms with van der Waals surface area (Å²) in [5.74, 6) is 2.19. The third-order valence-electron chi connectivity index (χ3n) is 6.08. The first-order valence-electron chi connectivity index (χ1n) is 12.1. The van der Waals surface area contributed by atoms with Gasteiger partial charge in [-0.25, -0.2) is 0 Å². The Morgan fingerprint density at radius 1 is 0.657 bits per heavy atom. The highest BCUT2D eigenvalue weighted by atomic mass is 16.5. The molecule has 0 saturated heterocycles. The number of para-hydroxylation sites is 2. The van der Waals surface area contributed by atoms with Crippen molar-refractivity contribution in [1.29, 1.82) is 0 Å². The number of ether oxygens (including phenoxy) is 2. The molecule has 0 N–H and O–H groups in total. The van der Waals surface area contributed by atoms with Crippen LogP contribution in [0.25, 0.3) is 11.1 Å². The lowest BCUT2D eigenvalue weighted by Gasteiger charge is -2.22. The first-order chi connectivity index (χ1) is 17.1. The summed E-state index contributed by atoms with van der Waals surface area (Å²) in [6, 6.07) is 37.4. The van der Waals surface area contributed by atoms with Crippen molar-refractivity contribution in [1.82, 2.24) is 4.90 Å². The molecule has 0 saturated carbocycles. The van der Waals surface area contributed by atoms with Gasteiger partial charge in [-0.05, 0) is 79.5 Å². The van der Waals surface area contributed by atoms with Gasteiger partial charge in [0.05, 0.1) is 0 Å². The third kappa shape index (κ3) is 6.00. The van der Waals surface area contributed by atoms with Gasteiger partial charge in [0.1, 0.15) is 12.0 Å². The summed E-state index contributed by atoms with van der Waals surface area (Å²) in [7, 11) is 3.98. The first kappa shape index (κ1) is 24.3. The molecule has 3 heteroatoms. The molecule has 0 aliphatic carbocycles. The lowest BCUT2D eigenvalue weighted by atomic mass is 9.88. The predicted molar refractivity (Wildman–Crippen MR) is 146 cm³/mol. The van der Waals surface area contributed by atoms with Crippen LogP contribution in [0.15, 0.2) is 109 Å². The van der Waals surface area contributed by atoms with Crippen LogP contribution in [-0.2, 0) is 0 Å². The van der Waals surface area contributed by atoms with Gasteiger partial charge in [0.15, 0.2) is 11.5 Å². The molecule has 0 fully saturated rings. The van der Waals surface area contributed by atoms with E-state index >= 15 is 0 Å². The minimum atomic E-state index is -0.0638. The van der Waals surface area contributed by atoms with Crippen LogP contribution in [0.3, 0.4) is 0 Å². The summed E-state index contributed by atoms with van der Waals surface area (Å²) in [6.07, 6.45) is 0.868. The van der Waals surface area contributed by atoms with Gasteiger partial charge >= 0.3 is 0 Å². The molecule has 1 atom stereocenters. The summed E-state index contributed by atoms with van der Waals surface area (Å²) in [5.41, 5.74) is 6.18. The van der Waals surface area contributed by atoms with Gasteiger partial charge in [-0.1, -0.05) is 91.9 Å². The van der Waals surface area contributed by atoms with E-state index in [4.69, 9.17) is 9.47 Å². The Labute approximate surface area is 209 Å². The number of nitrogens with zero attached hydrogens (tertiary/aromatic N) is 1. The van der Waals surface area contributed by atoms with Crippen molar-refractivity contribution in [2.75, 3.05) is 14.1 Å². The highest BCUT2D eigenvalue weighted by Crippen LogP contribution is 2.36. The topological polar surface area (TPSA) is 21.7 Å². The number of benzene rings is 4. The Balaban J connectivity index is 1.68. The normalized spacial score (nSPS) is 12.7. The van der Waals surface area contributed by atoms with E-state index in [-0.39, 0.29) is 6.23 Å². The second-order valence-corrected chi connectivity index (χ2v) is 8.69. The van der Waals surface area contributed by atoms with Crippen LogP contribution in [0, 0.1) is 0 Å². The summed E-state index contributed by atoms with van der Waals surface area (Å²) < 4.78 is 12.3. The number of allylic oxidation sites excluding steroid dienone is 1. The zero-order valence-electron chi connectivity index (χ0n) is 20.9. The molecule has 178 valence electrons. The van der Waals surface area contributed by atoms with Gasteiger partial charge in [-0.3, -0.25) is 4.90 Å². The lowest BCUT2D eigenvalue weighted by Crippen LogP contribution is -2.30. The van der Waals surface area contributed by atoms with Gasteiger partial charge in [0, 0.05) is 0 Å². The molecule has 0 radical (unpaired) electrons. The van der Waals surface area contributed by atoms with Crippen LogP contribution in [0.2, 0.25) is 0 Å². The van der Waals surface area contributed by atoms with Crippen molar-refractivity contribution < 1.29 is 9.47 Å². The molecule has 0 aromatic heterocycles.